The Bertz CT molecular complexity index is 310. The van der Waals surface area contributed by atoms with Crippen LogP contribution in [-0.2, 0) is 6.54 Å². The van der Waals surface area contributed by atoms with Crippen molar-refractivity contribution in [1.29, 1.82) is 0 Å². The molecule has 0 radical (unpaired) electrons. The van der Waals surface area contributed by atoms with E-state index in [1.165, 1.54) is 0 Å². The van der Waals surface area contributed by atoms with Gasteiger partial charge in [-0.3, -0.25) is 4.79 Å². The first-order chi connectivity index (χ1) is 5.66. The van der Waals surface area contributed by atoms with Gasteiger partial charge in [0.25, 0.3) is 0 Å². The van der Waals surface area contributed by atoms with E-state index in [0.29, 0.717) is 0 Å². The van der Waals surface area contributed by atoms with Crippen LogP contribution >= 0.6 is 0 Å². The zero-order chi connectivity index (χ0) is 9.14. The van der Waals surface area contributed by atoms with Crippen molar-refractivity contribution in [3.63, 3.8) is 0 Å². The van der Waals surface area contributed by atoms with Crippen molar-refractivity contribution in [2.75, 3.05) is 0 Å². The molecule has 0 amide bonds. The summed E-state index contributed by atoms with van der Waals surface area (Å²) in [6.07, 6.45) is 3.73. The fourth-order valence-electron chi connectivity index (χ4n) is 1.26. The molecule has 0 N–H and O–H groups in total. The van der Waals surface area contributed by atoms with Gasteiger partial charge < -0.3 is 4.57 Å². The fraction of sp³-hybridized carbons (Fsp3) is 0.300. The van der Waals surface area contributed by atoms with Crippen LogP contribution in [0.1, 0.15) is 23.0 Å². The van der Waals surface area contributed by atoms with E-state index in [4.69, 9.17) is 0 Å². The van der Waals surface area contributed by atoms with E-state index in [-0.39, 0.29) is 5.78 Å². The third kappa shape index (κ3) is 1.47. The van der Waals surface area contributed by atoms with Crippen LogP contribution in [0.15, 0.2) is 24.9 Å². The van der Waals surface area contributed by atoms with E-state index in [1.807, 2.05) is 29.8 Å². The third-order valence-corrected chi connectivity index (χ3v) is 1.95. The second kappa shape index (κ2) is 3.39. The fourth-order valence-corrected chi connectivity index (χ4v) is 1.26. The molecule has 0 fully saturated rings. The van der Waals surface area contributed by atoms with Gasteiger partial charge in [0, 0.05) is 24.0 Å². The number of hydrogen-bond donors (Lipinski definition) is 0. The number of ketones is 1. The Labute approximate surface area is 72.5 Å². The monoisotopic (exact) mass is 163 g/mol. The smallest absolute Gasteiger partial charge is 0.161 e. The molecule has 0 atom stereocenters. The lowest BCUT2D eigenvalue weighted by molar-refractivity contribution is 0.101. The molecule has 0 aliphatic carbocycles. The van der Waals surface area contributed by atoms with E-state index in [0.717, 1.165) is 17.8 Å². The van der Waals surface area contributed by atoms with Gasteiger partial charge in [-0.2, -0.15) is 0 Å². The van der Waals surface area contributed by atoms with Crippen molar-refractivity contribution in [3.05, 3.63) is 36.2 Å². The summed E-state index contributed by atoms with van der Waals surface area (Å²) in [7, 11) is 0. The minimum absolute atomic E-state index is 0.121. The first kappa shape index (κ1) is 8.78. The van der Waals surface area contributed by atoms with Crippen molar-refractivity contribution >= 4 is 5.78 Å². The number of Topliss-reactive ketones (excluding diaryl/α,β-unsaturated/α-hetero) is 1. The summed E-state index contributed by atoms with van der Waals surface area (Å²) in [5.41, 5.74) is 1.82. The molecule has 0 unspecified atom stereocenters. The Morgan fingerprint density at radius 1 is 1.75 bits per heavy atom. The number of allylic oxidation sites excluding steroid dienone is 1. The molecule has 1 aromatic rings. The highest BCUT2D eigenvalue weighted by atomic mass is 16.1. The van der Waals surface area contributed by atoms with Crippen molar-refractivity contribution in [3.8, 4) is 0 Å². The summed E-state index contributed by atoms with van der Waals surface area (Å²) in [6.45, 7) is 7.94. The van der Waals surface area contributed by atoms with E-state index in [2.05, 4.69) is 6.58 Å². The summed E-state index contributed by atoms with van der Waals surface area (Å²) < 4.78 is 2.00. The summed E-state index contributed by atoms with van der Waals surface area (Å²) in [5.74, 6) is 0.121. The maximum Gasteiger partial charge on any atom is 0.161 e. The van der Waals surface area contributed by atoms with E-state index in [9.17, 15) is 4.79 Å². The molecule has 64 valence electrons. The normalized spacial score (nSPS) is 9.83. The van der Waals surface area contributed by atoms with Crippen LogP contribution in [0.2, 0.25) is 0 Å². The lowest BCUT2D eigenvalue weighted by atomic mass is 10.2. The van der Waals surface area contributed by atoms with E-state index >= 15 is 0 Å². The number of nitrogens with zero attached hydrogens (tertiary/aromatic N) is 1. The highest BCUT2D eigenvalue weighted by Gasteiger charge is 2.06. The average Bonchev–Trinajstić information content (AvgIpc) is 2.34. The van der Waals surface area contributed by atoms with Crippen molar-refractivity contribution < 1.29 is 4.79 Å². The zero-order valence-electron chi connectivity index (χ0n) is 7.50. The van der Waals surface area contributed by atoms with Gasteiger partial charge in [0.2, 0.25) is 0 Å². The van der Waals surface area contributed by atoms with Crippen molar-refractivity contribution in [2.45, 2.75) is 20.4 Å². The molecule has 1 heterocycles. The largest absolute Gasteiger partial charge is 0.347 e. The van der Waals surface area contributed by atoms with Crippen LogP contribution in [0.3, 0.4) is 0 Å². The summed E-state index contributed by atoms with van der Waals surface area (Å²) in [4.78, 5) is 11.0. The topological polar surface area (TPSA) is 22.0 Å². The number of rotatable bonds is 3. The third-order valence-electron chi connectivity index (χ3n) is 1.95. The molecule has 1 rings (SSSR count). The van der Waals surface area contributed by atoms with Crippen LogP contribution in [-0.4, -0.2) is 10.4 Å². The van der Waals surface area contributed by atoms with Gasteiger partial charge in [-0.25, -0.2) is 0 Å². The van der Waals surface area contributed by atoms with Gasteiger partial charge in [-0.1, -0.05) is 6.08 Å². The van der Waals surface area contributed by atoms with Gasteiger partial charge in [-0.05, 0) is 19.9 Å². The van der Waals surface area contributed by atoms with Gasteiger partial charge >= 0.3 is 0 Å². The zero-order valence-corrected chi connectivity index (χ0v) is 7.50. The predicted octanol–water partition coefficient (Wildman–Crippen LogP) is 2.19. The highest BCUT2D eigenvalue weighted by Crippen LogP contribution is 2.10. The van der Waals surface area contributed by atoms with Crippen LogP contribution in [0, 0.1) is 6.92 Å². The number of aromatic nitrogens is 1. The Hall–Kier alpha value is -1.31. The summed E-state index contributed by atoms with van der Waals surface area (Å²) in [6, 6.07) is 1.85. The highest BCUT2D eigenvalue weighted by molar-refractivity contribution is 5.95. The molecule has 0 spiro atoms. The lowest BCUT2D eigenvalue weighted by Gasteiger charge is -2.01. The molecule has 12 heavy (non-hydrogen) atoms. The lowest BCUT2D eigenvalue weighted by Crippen LogP contribution is -1.99. The van der Waals surface area contributed by atoms with Crippen molar-refractivity contribution in [1.82, 2.24) is 4.57 Å². The molecule has 0 bridgehead atoms. The minimum Gasteiger partial charge on any atom is -0.347 e. The minimum atomic E-state index is 0.121. The maximum atomic E-state index is 11.0. The molecular weight excluding hydrogens is 150 g/mol. The average molecular weight is 163 g/mol. The first-order valence-electron chi connectivity index (χ1n) is 3.94. The second-order valence-electron chi connectivity index (χ2n) is 2.81. The molecule has 0 saturated heterocycles. The SMILES string of the molecule is C=CCn1ccc(C(C)=O)c1C. The number of carbonyl (C=O) groups is 1. The van der Waals surface area contributed by atoms with Gasteiger partial charge in [0.1, 0.15) is 0 Å². The van der Waals surface area contributed by atoms with Crippen LogP contribution < -0.4 is 0 Å². The Kier molecular flexibility index (Phi) is 2.48. The first-order valence-corrected chi connectivity index (χ1v) is 3.94. The van der Waals surface area contributed by atoms with E-state index < -0.39 is 0 Å². The summed E-state index contributed by atoms with van der Waals surface area (Å²) >= 11 is 0. The van der Waals surface area contributed by atoms with Gasteiger partial charge in [0.05, 0.1) is 0 Å². The number of carbonyl (C=O) groups excluding carboxylic acids is 1. The van der Waals surface area contributed by atoms with Crippen LogP contribution in [0.5, 0.6) is 0 Å². The van der Waals surface area contributed by atoms with Gasteiger partial charge in [-0.15, -0.1) is 6.58 Å². The Balaban J connectivity index is 3.03. The second-order valence-corrected chi connectivity index (χ2v) is 2.81. The van der Waals surface area contributed by atoms with Crippen LogP contribution in [0.25, 0.3) is 0 Å². The molecule has 2 heteroatoms. The standard InChI is InChI=1S/C10H13NO/c1-4-6-11-7-5-10(8(11)2)9(3)12/h4-5,7H,1,6H2,2-3H3. The molecule has 0 aliphatic heterocycles. The quantitative estimate of drug-likeness (QED) is 0.494. The van der Waals surface area contributed by atoms with E-state index in [1.54, 1.807) is 6.92 Å². The van der Waals surface area contributed by atoms with Crippen LogP contribution in [0.4, 0.5) is 0 Å². The molecule has 1 aromatic heterocycles. The molecule has 0 saturated carbocycles. The Morgan fingerprint density at radius 2 is 2.42 bits per heavy atom. The molecule has 0 aromatic carbocycles. The Morgan fingerprint density at radius 3 is 2.83 bits per heavy atom. The predicted molar refractivity (Wildman–Crippen MR) is 49.4 cm³/mol. The number of hydrogen-bond acceptors (Lipinski definition) is 1. The summed E-state index contributed by atoms with van der Waals surface area (Å²) in [5, 5.41) is 0. The molecule has 0 aliphatic rings. The molecular formula is C10H13NO. The van der Waals surface area contributed by atoms with Crippen molar-refractivity contribution in [2.24, 2.45) is 0 Å². The molecule has 2 nitrogen and oxygen atoms in total. The maximum absolute atomic E-state index is 11.0. The van der Waals surface area contributed by atoms with Gasteiger partial charge in [0.15, 0.2) is 5.78 Å².